The zero-order valence-corrected chi connectivity index (χ0v) is 36.9. The molecule has 0 aromatic rings. The first-order chi connectivity index (χ1) is 25.0. The highest BCUT2D eigenvalue weighted by atomic mass is 31.1. The predicted octanol–water partition coefficient (Wildman–Crippen LogP) is 17.8. The van der Waals surface area contributed by atoms with E-state index < -0.39 is 5.97 Å². The Morgan fingerprint density at radius 3 is 0.961 bits per heavy atom. The summed E-state index contributed by atoms with van der Waals surface area (Å²) < 4.78 is 0. The van der Waals surface area contributed by atoms with E-state index in [1.54, 1.807) is 0 Å². The molecule has 2 atom stereocenters. The lowest BCUT2D eigenvalue weighted by atomic mass is 9.70. The van der Waals surface area contributed by atoms with Gasteiger partial charge in [-0.2, -0.15) is 0 Å². The molecule has 306 valence electrons. The number of carbonyl (C=O) groups is 1. The molecule has 2 nitrogen and oxygen atoms in total. The van der Waals surface area contributed by atoms with E-state index in [9.17, 15) is 9.90 Å². The number of hydrogen-bond acceptors (Lipinski definition) is 1. The smallest absolute Gasteiger partial charge is 0.310 e. The lowest BCUT2D eigenvalue weighted by Gasteiger charge is -2.35. The Balaban J connectivity index is 3.99. The monoisotopic (exact) mass is 737 g/mol. The van der Waals surface area contributed by atoms with Crippen molar-refractivity contribution in [2.24, 2.45) is 5.41 Å². The van der Waals surface area contributed by atoms with E-state index in [-0.39, 0.29) is 5.66 Å². The van der Waals surface area contributed by atoms with Crippen LogP contribution in [0.1, 0.15) is 285 Å². The minimum atomic E-state index is -0.538. The molecule has 0 saturated heterocycles. The van der Waals surface area contributed by atoms with Gasteiger partial charge in [0, 0.05) is 0 Å². The van der Waals surface area contributed by atoms with Crippen molar-refractivity contribution in [2.75, 3.05) is 6.16 Å². The van der Waals surface area contributed by atoms with Crippen LogP contribution in [0.4, 0.5) is 0 Å². The molecule has 0 radical (unpaired) electrons. The fourth-order valence-electron chi connectivity index (χ4n) is 8.52. The quantitative estimate of drug-likeness (QED) is 0.0499. The van der Waals surface area contributed by atoms with Crippen LogP contribution in [0.5, 0.6) is 0 Å². The van der Waals surface area contributed by atoms with Crippen molar-refractivity contribution in [3.8, 4) is 0 Å². The molecular formula is C48H97O2P. The van der Waals surface area contributed by atoms with Gasteiger partial charge in [-0.25, -0.2) is 0 Å². The molecular weight excluding hydrogens is 640 g/mol. The van der Waals surface area contributed by atoms with Crippen LogP contribution in [-0.2, 0) is 4.79 Å². The van der Waals surface area contributed by atoms with Crippen molar-refractivity contribution in [2.45, 2.75) is 290 Å². The number of carboxylic acids is 1. The van der Waals surface area contributed by atoms with Crippen LogP contribution < -0.4 is 0 Å². The third-order valence-corrected chi connectivity index (χ3v) is 13.8. The Labute approximate surface area is 325 Å². The van der Waals surface area contributed by atoms with E-state index in [0.29, 0.717) is 14.0 Å². The van der Waals surface area contributed by atoms with Crippen molar-refractivity contribution in [1.29, 1.82) is 0 Å². The van der Waals surface area contributed by atoms with Crippen molar-refractivity contribution >= 4 is 14.6 Å². The van der Waals surface area contributed by atoms with Gasteiger partial charge in [0.05, 0.1) is 5.66 Å². The number of carboxylic acid groups (broad SMARTS) is 1. The van der Waals surface area contributed by atoms with E-state index >= 15 is 0 Å². The highest BCUT2D eigenvalue weighted by Crippen LogP contribution is 2.42. The van der Waals surface area contributed by atoms with E-state index in [4.69, 9.17) is 0 Å². The fraction of sp³-hybridized carbons (Fsp3) is 0.979. The highest BCUT2D eigenvalue weighted by molar-refractivity contribution is 7.40. The highest BCUT2D eigenvalue weighted by Gasteiger charge is 2.28. The largest absolute Gasteiger partial charge is 0.481 e. The normalized spacial score (nSPS) is 12.8. The topological polar surface area (TPSA) is 37.3 Å². The summed E-state index contributed by atoms with van der Waals surface area (Å²) in [6, 6.07) is 0. The van der Waals surface area contributed by atoms with Gasteiger partial charge in [-0.05, 0) is 50.1 Å². The third-order valence-electron chi connectivity index (χ3n) is 12.1. The summed E-state index contributed by atoms with van der Waals surface area (Å²) in [6.07, 6.45) is 56.6. The molecule has 0 saturated carbocycles. The maximum atomic E-state index is 11.8. The second-order valence-electron chi connectivity index (χ2n) is 17.1. The minimum absolute atomic E-state index is 0.0777. The summed E-state index contributed by atoms with van der Waals surface area (Å²) in [6.45, 7) is 9.34. The van der Waals surface area contributed by atoms with Gasteiger partial charge < -0.3 is 5.11 Å². The molecule has 2 unspecified atom stereocenters. The lowest BCUT2D eigenvalue weighted by Crippen LogP contribution is -2.21. The van der Waals surface area contributed by atoms with Crippen LogP contribution in [0.15, 0.2) is 0 Å². The van der Waals surface area contributed by atoms with Gasteiger partial charge in [-0.1, -0.05) is 246 Å². The Bertz CT molecular complexity index is 647. The zero-order valence-electron chi connectivity index (χ0n) is 35.9. The summed E-state index contributed by atoms with van der Waals surface area (Å²) in [4.78, 5) is 11.8. The first kappa shape index (κ1) is 50.9. The Morgan fingerprint density at radius 1 is 0.392 bits per heavy atom. The van der Waals surface area contributed by atoms with Crippen LogP contribution in [0.2, 0.25) is 0 Å². The number of rotatable bonds is 44. The second kappa shape index (κ2) is 41.1. The molecule has 0 amide bonds. The van der Waals surface area contributed by atoms with Gasteiger partial charge in [0.15, 0.2) is 0 Å². The second-order valence-corrected chi connectivity index (χ2v) is 18.7. The van der Waals surface area contributed by atoms with E-state index in [0.717, 1.165) is 19.0 Å². The van der Waals surface area contributed by atoms with E-state index in [1.165, 1.54) is 244 Å². The van der Waals surface area contributed by atoms with Gasteiger partial charge in [0.2, 0.25) is 0 Å². The van der Waals surface area contributed by atoms with Crippen LogP contribution in [0.25, 0.3) is 0 Å². The molecule has 0 aromatic heterocycles. The maximum absolute atomic E-state index is 11.8. The standard InChI is InChI=1S/C48H97O2P/c1-5-9-13-17-18-19-20-24-27-30-33-39-45-51-46(47(49)50)40-34-31-28-25-22-21-23-26-29-32-38-44-48(41-35-14-10-6-2,42-36-15-11-7-3)43-37-16-12-8-4/h46,51H,5-45H2,1-4H3,(H,49,50). The summed E-state index contributed by atoms with van der Waals surface area (Å²) >= 11 is 0. The van der Waals surface area contributed by atoms with Gasteiger partial charge in [0.1, 0.15) is 0 Å². The van der Waals surface area contributed by atoms with Crippen molar-refractivity contribution < 1.29 is 9.90 Å². The molecule has 0 fully saturated rings. The summed E-state index contributed by atoms with van der Waals surface area (Å²) in [5, 5.41) is 9.75. The molecule has 0 aliphatic heterocycles. The summed E-state index contributed by atoms with van der Waals surface area (Å²) in [7, 11) is 0.622. The van der Waals surface area contributed by atoms with Gasteiger partial charge in [-0.15, -0.1) is 8.58 Å². The van der Waals surface area contributed by atoms with Crippen LogP contribution in [0, 0.1) is 5.41 Å². The third kappa shape index (κ3) is 35.4. The van der Waals surface area contributed by atoms with E-state index in [2.05, 4.69) is 27.7 Å². The van der Waals surface area contributed by atoms with Crippen molar-refractivity contribution in [3.05, 3.63) is 0 Å². The Kier molecular flexibility index (Phi) is 41.0. The van der Waals surface area contributed by atoms with Crippen LogP contribution in [-0.4, -0.2) is 22.9 Å². The fourth-order valence-corrected chi connectivity index (χ4v) is 9.91. The maximum Gasteiger partial charge on any atom is 0.310 e. The lowest BCUT2D eigenvalue weighted by molar-refractivity contribution is -0.136. The van der Waals surface area contributed by atoms with Crippen molar-refractivity contribution in [3.63, 3.8) is 0 Å². The molecule has 3 heteroatoms. The van der Waals surface area contributed by atoms with E-state index in [1.807, 2.05) is 0 Å². The first-order valence-electron chi connectivity index (χ1n) is 24.0. The molecule has 0 spiro atoms. The molecule has 0 bridgehead atoms. The molecule has 1 N–H and O–H groups in total. The van der Waals surface area contributed by atoms with Gasteiger partial charge in [-0.3, -0.25) is 4.79 Å². The van der Waals surface area contributed by atoms with Crippen LogP contribution >= 0.6 is 8.58 Å². The number of unbranched alkanes of at least 4 members (excludes halogenated alkanes) is 30. The Morgan fingerprint density at radius 2 is 0.647 bits per heavy atom. The van der Waals surface area contributed by atoms with Gasteiger partial charge >= 0.3 is 5.97 Å². The first-order valence-corrected chi connectivity index (χ1v) is 25.3. The number of aliphatic carboxylic acids is 1. The Hall–Kier alpha value is -0.100. The number of hydrogen-bond donors (Lipinski definition) is 1. The molecule has 0 heterocycles. The van der Waals surface area contributed by atoms with Crippen LogP contribution in [0.3, 0.4) is 0 Å². The molecule has 0 aliphatic carbocycles. The molecule has 51 heavy (non-hydrogen) atoms. The predicted molar refractivity (Wildman–Crippen MR) is 234 cm³/mol. The average Bonchev–Trinajstić information content (AvgIpc) is 3.13. The molecule has 0 aliphatic rings. The summed E-state index contributed by atoms with van der Waals surface area (Å²) in [5.74, 6) is -0.538. The van der Waals surface area contributed by atoms with Crippen molar-refractivity contribution in [1.82, 2.24) is 0 Å². The zero-order chi connectivity index (χ0) is 37.4. The SMILES string of the molecule is CCCCCCCCCCCCCCPC(CCCCCCCCCCCCCC(CCCCCC)(CCCCCC)CCCCCC)C(=O)O. The average molecular weight is 737 g/mol. The molecule has 0 aromatic carbocycles. The van der Waals surface area contributed by atoms with Gasteiger partial charge in [0.25, 0.3) is 0 Å². The minimum Gasteiger partial charge on any atom is -0.481 e. The summed E-state index contributed by atoms with van der Waals surface area (Å²) in [5.41, 5.74) is 0.567. The molecule has 0 rings (SSSR count).